The summed E-state index contributed by atoms with van der Waals surface area (Å²) in [5.41, 5.74) is 1.91. The molecule has 1 fully saturated rings. The summed E-state index contributed by atoms with van der Waals surface area (Å²) in [6.45, 7) is 2.04. The average Bonchev–Trinajstić information content (AvgIpc) is 3.27. The van der Waals surface area contributed by atoms with E-state index < -0.39 is 6.04 Å². The SMILES string of the molecule is CC(C(=O)NC1CCCC1)N(Cc1ccc(Cl)cc1Cl)C(=O)CSCc1ccc(Br)cc1. The van der Waals surface area contributed by atoms with Gasteiger partial charge in [-0.3, -0.25) is 9.59 Å². The first kappa shape index (κ1) is 25.4. The quantitative estimate of drug-likeness (QED) is 0.384. The number of carbonyl (C=O) groups excluding carboxylic acids is 2. The third kappa shape index (κ3) is 7.41. The zero-order valence-electron chi connectivity index (χ0n) is 18.0. The number of nitrogens with zero attached hydrogens (tertiary/aromatic N) is 1. The molecule has 0 bridgehead atoms. The van der Waals surface area contributed by atoms with Crippen LogP contribution in [-0.2, 0) is 21.9 Å². The van der Waals surface area contributed by atoms with Crippen LogP contribution in [0.1, 0.15) is 43.7 Å². The van der Waals surface area contributed by atoms with Gasteiger partial charge in [0.1, 0.15) is 6.04 Å². The summed E-state index contributed by atoms with van der Waals surface area (Å²) in [5, 5.41) is 4.14. The monoisotopic (exact) mass is 556 g/mol. The van der Waals surface area contributed by atoms with Gasteiger partial charge >= 0.3 is 0 Å². The van der Waals surface area contributed by atoms with Gasteiger partial charge in [0.2, 0.25) is 11.8 Å². The van der Waals surface area contributed by atoms with Crippen molar-refractivity contribution in [2.45, 2.75) is 57.0 Å². The Morgan fingerprint density at radius 1 is 1.16 bits per heavy atom. The molecule has 1 aliphatic rings. The lowest BCUT2D eigenvalue weighted by atomic mass is 10.1. The Bertz CT molecular complexity index is 936. The van der Waals surface area contributed by atoms with Crippen LogP contribution in [0.5, 0.6) is 0 Å². The molecule has 4 nitrogen and oxygen atoms in total. The van der Waals surface area contributed by atoms with Crippen LogP contribution in [0.3, 0.4) is 0 Å². The summed E-state index contributed by atoms with van der Waals surface area (Å²) in [6.07, 6.45) is 4.26. The zero-order valence-corrected chi connectivity index (χ0v) is 21.9. The van der Waals surface area contributed by atoms with Crippen molar-refractivity contribution in [3.8, 4) is 0 Å². The Morgan fingerprint density at radius 3 is 2.50 bits per heavy atom. The molecule has 0 radical (unpaired) electrons. The molecule has 1 N–H and O–H groups in total. The Balaban J connectivity index is 1.68. The van der Waals surface area contributed by atoms with Crippen molar-refractivity contribution >= 4 is 62.7 Å². The van der Waals surface area contributed by atoms with E-state index >= 15 is 0 Å². The van der Waals surface area contributed by atoms with Gasteiger partial charge in [0, 0.05) is 32.9 Å². The summed E-state index contributed by atoms with van der Waals surface area (Å²) < 4.78 is 1.02. The van der Waals surface area contributed by atoms with Crippen molar-refractivity contribution < 1.29 is 9.59 Å². The standard InChI is InChI=1S/C24H27BrCl2N2O2S/c1-16(24(31)28-21-4-2-3-5-21)29(13-18-8-11-20(26)12-22(18)27)23(30)15-32-14-17-6-9-19(25)10-7-17/h6-12,16,21H,2-5,13-15H2,1H3,(H,28,31). The molecule has 32 heavy (non-hydrogen) atoms. The fraction of sp³-hybridized carbons (Fsp3) is 0.417. The number of hydrogen-bond donors (Lipinski definition) is 1. The molecule has 1 aliphatic carbocycles. The van der Waals surface area contributed by atoms with E-state index in [2.05, 4.69) is 21.2 Å². The minimum absolute atomic E-state index is 0.0906. The van der Waals surface area contributed by atoms with Crippen molar-refractivity contribution in [1.29, 1.82) is 0 Å². The fourth-order valence-corrected chi connectivity index (χ4v) is 5.33. The molecule has 2 aromatic rings. The van der Waals surface area contributed by atoms with E-state index in [1.807, 2.05) is 30.3 Å². The van der Waals surface area contributed by atoms with Gasteiger partial charge in [-0.25, -0.2) is 0 Å². The van der Waals surface area contributed by atoms with Gasteiger partial charge in [0.15, 0.2) is 0 Å². The lowest BCUT2D eigenvalue weighted by molar-refractivity contribution is -0.138. The van der Waals surface area contributed by atoms with Crippen molar-refractivity contribution in [2.75, 3.05) is 5.75 Å². The van der Waals surface area contributed by atoms with E-state index in [1.165, 1.54) is 11.8 Å². The van der Waals surface area contributed by atoms with Crippen LogP contribution in [0, 0.1) is 0 Å². The molecule has 2 amide bonds. The third-order valence-corrected chi connectivity index (χ3v) is 7.74. The Morgan fingerprint density at radius 2 is 1.84 bits per heavy atom. The maximum atomic E-state index is 13.2. The Kier molecular flexibility index (Phi) is 9.77. The van der Waals surface area contributed by atoms with Crippen LogP contribution in [0.4, 0.5) is 0 Å². The summed E-state index contributed by atoms with van der Waals surface area (Å²) in [5.74, 6) is 0.792. The number of benzene rings is 2. The lowest BCUT2D eigenvalue weighted by Gasteiger charge is -2.30. The first-order chi connectivity index (χ1) is 15.3. The molecule has 0 aliphatic heterocycles. The predicted octanol–water partition coefficient (Wildman–Crippen LogP) is 6.47. The van der Waals surface area contributed by atoms with E-state index in [0.29, 0.717) is 10.0 Å². The van der Waals surface area contributed by atoms with E-state index in [9.17, 15) is 9.59 Å². The van der Waals surface area contributed by atoms with Crippen molar-refractivity contribution in [3.63, 3.8) is 0 Å². The minimum atomic E-state index is -0.594. The van der Waals surface area contributed by atoms with E-state index in [-0.39, 0.29) is 30.2 Å². The second kappa shape index (κ2) is 12.3. The highest BCUT2D eigenvalue weighted by Crippen LogP contribution is 2.25. The first-order valence-corrected chi connectivity index (χ1v) is 13.4. The number of hydrogen-bond acceptors (Lipinski definition) is 3. The molecule has 2 aromatic carbocycles. The highest BCUT2D eigenvalue weighted by atomic mass is 79.9. The van der Waals surface area contributed by atoms with Crippen molar-refractivity contribution in [1.82, 2.24) is 10.2 Å². The maximum absolute atomic E-state index is 13.2. The van der Waals surface area contributed by atoms with E-state index in [4.69, 9.17) is 23.2 Å². The topological polar surface area (TPSA) is 49.4 Å². The predicted molar refractivity (Wildman–Crippen MR) is 137 cm³/mol. The molecule has 0 aromatic heterocycles. The number of amides is 2. The van der Waals surface area contributed by atoms with Crippen LogP contribution in [0.2, 0.25) is 10.0 Å². The van der Waals surface area contributed by atoms with E-state index in [1.54, 1.807) is 24.0 Å². The van der Waals surface area contributed by atoms with Gasteiger partial charge in [0.25, 0.3) is 0 Å². The molecule has 3 rings (SSSR count). The summed E-state index contributed by atoms with van der Waals surface area (Å²) >= 11 is 17.4. The lowest BCUT2D eigenvalue weighted by Crippen LogP contribution is -2.50. The third-order valence-electron chi connectivity index (χ3n) is 5.63. The average molecular weight is 558 g/mol. The number of nitrogens with one attached hydrogen (secondary N) is 1. The summed E-state index contributed by atoms with van der Waals surface area (Å²) in [7, 11) is 0. The van der Waals surface area contributed by atoms with Gasteiger partial charge in [-0.05, 0) is 55.2 Å². The molecule has 1 atom stereocenters. The van der Waals surface area contributed by atoms with Crippen LogP contribution in [-0.4, -0.2) is 34.6 Å². The van der Waals surface area contributed by atoms with E-state index in [0.717, 1.165) is 47.0 Å². The molecule has 0 heterocycles. The zero-order chi connectivity index (χ0) is 23.1. The second-order valence-electron chi connectivity index (χ2n) is 8.04. The van der Waals surface area contributed by atoms with Gasteiger partial charge in [0.05, 0.1) is 5.75 Å². The molecule has 1 saturated carbocycles. The van der Waals surface area contributed by atoms with Gasteiger partial charge in [-0.1, -0.05) is 70.2 Å². The molecule has 8 heteroatoms. The smallest absolute Gasteiger partial charge is 0.242 e. The molecule has 0 spiro atoms. The Hall–Kier alpha value is -1.21. The normalized spacial score (nSPS) is 14.9. The minimum Gasteiger partial charge on any atom is -0.352 e. The molecule has 172 valence electrons. The highest BCUT2D eigenvalue weighted by molar-refractivity contribution is 9.10. The Labute approximate surface area is 212 Å². The van der Waals surface area contributed by atoms with Gasteiger partial charge in [-0.15, -0.1) is 11.8 Å². The number of rotatable bonds is 9. The van der Waals surface area contributed by atoms with Crippen LogP contribution in [0.25, 0.3) is 0 Å². The summed E-state index contributed by atoms with van der Waals surface area (Å²) in [4.78, 5) is 27.8. The number of carbonyl (C=O) groups is 2. The van der Waals surface area contributed by atoms with Gasteiger partial charge in [-0.2, -0.15) is 0 Å². The van der Waals surface area contributed by atoms with Crippen molar-refractivity contribution in [2.24, 2.45) is 0 Å². The molecular formula is C24H27BrCl2N2O2S. The number of thioether (sulfide) groups is 1. The molecular weight excluding hydrogens is 531 g/mol. The molecule has 1 unspecified atom stereocenters. The van der Waals surface area contributed by atoms with Gasteiger partial charge < -0.3 is 10.2 Å². The van der Waals surface area contributed by atoms with Crippen LogP contribution in [0.15, 0.2) is 46.9 Å². The van der Waals surface area contributed by atoms with Crippen LogP contribution >= 0.6 is 50.9 Å². The first-order valence-electron chi connectivity index (χ1n) is 10.7. The molecule has 0 saturated heterocycles. The second-order valence-corrected chi connectivity index (χ2v) is 10.8. The maximum Gasteiger partial charge on any atom is 0.242 e. The highest BCUT2D eigenvalue weighted by Gasteiger charge is 2.28. The van der Waals surface area contributed by atoms with Crippen molar-refractivity contribution in [3.05, 3.63) is 68.1 Å². The largest absolute Gasteiger partial charge is 0.352 e. The fourth-order valence-electron chi connectivity index (χ4n) is 3.73. The van der Waals surface area contributed by atoms with Crippen LogP contribution < -0.4 is 5.32 Å². The number of halogens is 3. The summed E-state index contributed by atoms with van der Waals surface area (Å²) in [6, 6.07) is 12.9.